The van der Waals surface area contributed by atoms with E-state index in [0.29, 0.717) is 11.3 Å². The molecule has 1 aromatic heterocycles. The molecule has 11 heteroatoms. The molecule has 0 saturated heterocycles. The number of fused-ring (bicyclic) bond motifs is 1. The van der Waals surface area contributed by atoms with Crippen LogP contribution in [0.3, 0.4) is 0 Å². The summed E-state index contributed by atoms with van der Waals surface area (Å²) in [5, 5.41) is 0. The molecule has 0 N–H and O–H groups in total. The molecule has 0 saturated carbocycles. The molecular weight excluding hydrogens is 532 g/mol. The molecule has 4 aromatic rings. The number of amides is 1. The summed E-state index contributed by atoms with van der Waals surface area (Å²) >= 11 is 0.986. The number of benzene rings is 3. The Morgan fingerprint density at radius 2 is 1.76 bits per heavy atom. The third-order valence-corrected chi connectivity index (χ3v) is 8.81. The molecule has 0 atom stereocenters. The minimum atomic E-state index is -3.80. The summed E-state index contributed by atoms with van der Waals surface area (Å²) in [7, 11) is -3.80. The van der Waals surface area contributed by atoms with E-state index in [1.165, 1.54) is 39.2 Å². The summed E-state index contributed by atoms with van der Waals surface area (Å²) in [5.74, 6) is -2.12. The second kappa shape index (κ2) is 12.1. The van der Waals surface area contributed by atoms with Crippen molar-refractivity contribution in [3.8, 4) is 0 Å². The lowest BCUT2D eigenvalue weighted by atomic mass is 10.2. The van der Waals surface area contributed by atoms with Gasteiger partial charge in [-0.1, -0.05) is 48.6 Å². The summed E-state index contributed by atoms with van der Waals surface area (Å²) < 4.78 is 63.3. The Balaban J connectivity index is 1.63. The highest BCUT2D eigenvalue weighted by Crippen LogP contribution is 2.23. The van der Waals surface area contributed by atoms with Crippen molar-refractivity contribution >= 4 is 37.5 Å². The number of carbonyl (C=O) groups excluding carboxylic acids is 1. The van der Waals surface area contributed by atoms with Crippen molar-refractivity contribution in [1.82, 2.24) is 8.87 Å². The Hall–Kier alpha value is -3.25. The van der Waals surface area contributed by atoms with E-state index in [1.807, 2.05) is 37.3 Å². The number of sulfonamides is 1. The maximum Gasteiger partial charge on any atom is 0.279 e. The largest absolute Gasteiger partial charge is 0.380 e. The minimum Gasteiger partial charge on any atom is -0.380 e. The monoisotopic (exact) mass is 559 g/mol. The van der Waals surface area contributed by atoms with Crippen LogP contribution in [-0.2, 0) is 27.8 Å². The lowest BCUT2D eigenvalue weighted by Crippen LogP contribution is -2.30. The Bertz CT molecular complexity index is 1600. The summed E-state index contributed by atoms with van der Waals surface area (Å²) in [6.07, 6.45) is 0. The molecule has 3 aromatic carbocycles. The van der Waals surface area contributed by atoms with E-state index in [0.717, 1.165) is 23.0 Å². The average Bonchev–Trinajstić information content (AvgIpc) is 3.24. The number of halogens is 2. The maximum absolute atomic E-state index is 14.6. The summed E-state index contributed by atoms with van der Waals surface area (Å²) in [6, 6.07) is 16.8. The molecule has 0 fully saturated rings. The number of carbonyl (C=O) groups is 1. The molecule has 0 unspecified atom stereocenters. The molecule has 0 aliphatic rings. The van der Waals surface area contributed by atoms with Gasteiger partial charge in [0.1, 0.15) is 5.82 Å². The predicted octanol–water partition coefficient (Wildman–Crippen LogP) is 4.97. The van der Waals surface area contributed by atoms with Crippen LogP contribution in [0, 0.1) is 11.6 Å². The highest BCUT2D eigenvalue weighted by atomic mass is 32.2. The highest BCUT2D eigenvalue weighted by molar-refractivity contribution is 7.89. The highest BCUT2D eigenvalue weighted by Gasteiger charge is 2.23. The van der Waals surface area contributed by atoms with Gasteiger partial charge in [0, 0.05) is 37.9 Å². The van der Waals surface area contributed by atoms with Crippen LogP contribution in [0.4, 0.5) is 8.78 Å². The summed E-state index contributed by atoms with van der Waals surface area (Å²) in [6.45, 7) is 5.02. The van der Waals surface area contributed by atoms with Crippen LogP contribution in [0.2, 0.25) is 0 Å². The quantitative estimate of drug-likeness (QED) is 0.257. The lowest BCUT2D eigenvalue weighted by molar-refractivity contribution is 0.0996. The zero-order chi connectivity index (χ0) is 27.3. The molecule has 0 radical (unpaired) electrons. The van der Waals surface area contributed by atoms with Gasteiger partial charge in [0.25, 0.3) is 5.91 Å². The number of hydrogen-bond donors (Lipinski definition) is 0. The zero-order valence-corrected chi connectivity index (χ0v) is 22.6. The molecule has 0 aliphatic heterocycles. The van der Waals surface area contributed by atoms with Gasteiger partial charge in [-0.25, -0.2) is 17.2 Å². The first-order valence-electron chi connectivity index (χ1n) is 12.0. The van der Waals surface area contributed by atoms with Crippen molar-refractivity contribution in [2.24, 2.45) is 4.99 Å². The molecule has 0 bridgehead atoms. The van der Waals surface area contributed by atoms with E-state index < -0.39 is 27.6 Å². The fourth-order valence-electron chi connectivity index (χ4n) is 3.95. The van der Waals surface area contributed by atoms with E-state index in [1.54, 1.807) is 6.92 Å². The molecule has 200 valence electrons. The lowest BCUT2D eigenvalue weighted by Gasteiger charge is -2.20. The third-order valence-electron chi connectivity index (χ3n) is 5.85. The molecule has 1 heterocycles. The minimum absolute atomic E-state index is 0.0537. The number of rotatable bonds is 10. The van der Waals surface area contributed by atoms with Gasteiger partial charge in [0.2, 0.25) is 10.0 Å². The fraction of sp³-hybridized carbons (Fsp3) is 0.259. The van der Waals surface area contributed by atoms with Crippen LogP contribution in [0.25, 0.3) is 10.2 Å². The van der Waals surface area contributed by atoms with E-state index in [2.05, 4.69) is 4.99 Å². The average molecular weight is 560 g/mol. The number of thiazole rings is 1. The zero-order valence-electron chi connectivity index (χ0n) is 20.9. The van der Waals surface area contributed by atoms with Crippen molar-refractivity contribution in [3.63, 3.8) is 0 Å². The molecule has 0 spiro atoms. The van der Waals surface area contributed by atoms with Gasteiger partial charge in [0.05, 0.1) is 21.7 Å². The third kappa shape index (κ3) is 6.07. The Morgan fingerprint density at radius 3 is 2.42 bits per heavy atom. The van der Waals surface area contributed by atoms with Gasteiger partial charge in [-0.2, -0.15) is 9.30 Å². The number of nitrogens with zero attached hydrogens (tertiary/aromatic N) is 3. The van der Waals surface area contributed by atoms with Crippen LogP contribution >= 0.6 is 11.3 Å². The second-order valence-electron chi connectivity index (χ2n) is 8.33. The Labute approximate surface area is 223 Å². The van der Waals surface area contributed by atoms with Gasteiger partial charge in [-0.3, -0.25) is 4.79 Å². The molecular formula is C27H27F2N3O4S2. The van der Waals surface area contributed by atoms with Crippen molar-refractivity contribution in [1.29, 1.82) is 0 Å². The maximum atomic E-state index is 14.6. The Morgan fingerprint density at radius 1 is 1.05 bits per heavy atom. The van der Waals surface area contributed by atoms with Crippen LogP contribution in [-0.4, -0.2) is 43.0 Å². The first kappa shape index (κ1) is 27.8. The predicted molar refractivity (Wildman–Crippen MR) is 142 cm³/mol. The number of aromatic nitrogens is 1. The van der Waals surface area contributed by atoms with E-state index >= 15 is 0 Å². The van der Waals surface area contributed by atoms with Crippen molar-refractivity contribution < 1.29 is 26.7 Å². The van der Waals surface area contributed by atoms with Crippen molar-refractivity contribution in [2.75, 3.05) is 19.8 Å². The van der Waals surface area contributed by atoms with Gasteiger partial charge in [-0.05, 0) is 42.8 Å². The van der Waals surface area contributed by atoms with Gasteiger partial charge in [0.15, 0.2) is 10.6 Å². The van der Waals surface area contributed by atoms with Gasteiger partial charge < -0.3 is 9.30 Å². The number of ether oxygens (including phenoxy) is 1. The van der Waals surface area contributed by atoms with Gasteiger partial charge >= 0.3 is 0 Å². The standard InChI is InChI=1S/C27H27F2N3O4S2/c1-3-31(18-19-8-6-5-7-9-19)38(34,35)22-12-10-20(11-13-22)26(33)30-27-32(14-15-36-4-2)25-23(29)16-21(28)17-24(25)37-27/h5-13,16-17H,3-4,14-15,18H2,1-2H3. The molecule has 0 aliphatic carbocycles. The fourth-order valence-corrected chi connectivity index (χ4v) is 6.48. The summed E-state index contributed by atoms with van der Waals surface area (Å²) in [5.41, 5.74) is 1.17. The normalized spacial score (nSPS) is 12.5. The van der Waals surface area contributed by atoms with Crippen molar-refractivity contribution in [2.45, 2.75) is 31.8 Å². The molecule has 7 nitrogen and oxygen atoms in total. The SMILES string of the molecule is CCOCCn1c(=NC(=O)c2ccc(S(=O)(=O)N(CC)Cc3ccccc3)cc2)sc2cc(F)cc(F)c21. The van der Waals surface area contributed by atoms with Crippen LogP contribution in [0.15, 0.2) is 76.6 Å². The molecule has 4 rings (SSSR count). The first-order chi connectivity index (χ1) is 18.2. The van der Waals surface area contributed by atoms with E-state index in [9.17, 15) is 22.0 Å². The van der Waals surface area contributed by atoms with Crippen molar-refractivity contribution in [3.05, 3.63) is 94.3 Å². The smallest absolute Gasteiger partial charge is 0.279 e. The molecule has 38 heavy (non-hydrogen) atoms. The number of hydrogen-bond acceptors (Lipinski definition) is 5. The van der Waals surface area contributed by atoms with E-state index in [-0.39, 0.29) is 47.0 Å². The van der Waals surface area contributed by atoms with Gasteiger partial charge in [-0.15, -0.1) is 0 Å². The van der Waals surface area contributed by atoms with E-state index in [4.69, 9.17) is 4.74 Å². The molecule has 1 amide bonds. The van der Waals surface area contributed by atoms with Crippen LogP contribution < -0.4 is 4.80 Å². The van der Waals surface area contributed by atoms with Crippen LogP contribution in [0.5, 0.6) is 0 Å². The summed E-state index contributed by atoms with van der Waals surface area (Å²) in [4.78, 5) is 17.4. The topological polar surface area (TPSA) is 81.0 Å². The first-order valence-corrected chi connectivity index (χ1v) is 14.3. The second-order valence-corrected chi connectivity index (χ2v) is 11.3. The van der Waals surface area contributed by atoms with Crippen LogP contribution in [0.1, 0.15) is 29.8 Å². The Kier molecular flexibility index (Phi) is 8.83.